The SMILES string of the molecule is CC(C)NC(=O)NC(=O)COC(=O)c1cc(=O)c2ccccc2o1. The van der Waals surface area contributed by atoms with Crippen LogP contribution >= 0.6 is 0 Å². The second kappa shape index (κ2) is 7.40. The maximum absolute atomic E-state index is 11.9. The lowest BCUT2D eigenvalue weighted by Gasteiger charge is -2.09. The number of ether oxygens (including phenoxy) is 1. The Morgan fingerprint density at radius 2 is 1.92 bits per heavy atom. The van der Waals surface area contributed by atoms with Gasteiger partial charge in [-0.15, -0.1) is 0 Å². The summed E-state index contributed by atoms with van der Waals surface area (Å²) in [5.41, 5.74) is -0.165. The van der Waals surface area contributed by atoms with Crippen molar-refractivity contribution >= 4 is 28.9 Å². The van der Waals surface area contributed by atoms with Gasteiger partial charge < -0.3 is 14.5 Å². The number of carbonyl (C=O) groups is 3. The molecule has 2 N–H and O–H groups in total. The van der Waals surface area contributed by atoms with Gasteiger partial charge in [0.25, 0.3) is 5.91 Å². The van der Waals surface area contributed by atoms with Crippen LogP contribution in [-0.2, 0) is 9.53 Å². The minimum Gasteiger partial charge on any atom is -0.450 e. The molecule has 0 atom stereocenters. The number of imide groups is 1. The van der Waals surface area contributed by atoms with Crippen molar-refractivity contribution in [3.8, 4) is 0 Å². The lowest BCUT2D eigenvalue weighted by molar-refractivity contribution is -0.123. The van der Waals surface area contributed by atoms with Crippen LogP contribution in [0.2, 0.25) is 0 Å². The lowest BCUT2D eigenvalue weighted by atomic mass is 10.2. The number of para-hydroxylation sites is 1. The fourth-order valence-electron chi connectivity index (χ4n) is 1.87. The van der Waals surface area contributed by atoms with E-state index in [1.807, 2.05) is 5.32 Å². The molecule has 0 bridgehead atoms. The smallest absolute Gasteiger partial charge is 0.374 e. The van der Waals surface area contributed by atoms with Crippen LogP contribution in [0.1, 0.15) is 24.4 Å². The molecule has 1 aromatic carbocycles. The molecule has 0 saturated carbocycles. The quantitative estimate of drug-likeness (QED) is 0.813. The molecular weight excluding hydrogens is 316 g/mol. The first kappa shape index (κ1) is 17.2. The number of nitrogens with one attached hydrogen (secondary N) is 2. The second-order valence-corrected chi connectivity index (χ2v) is 5.22. The van der Waals surface area contributed by atoms with Crippen molar-refractivity contribution in [3.05, 3.63) is 46.3 Å². The highest BCUT2D eigenvalue weighted by molar-refractivity contribution is 5.96. The van der Waals surface area contributed by atoms with Gasteiger partial charge in [0.1, 0.15) is 5.58 Å². The van der Waals surface area contributed by atoms with Crippen molar-refractivity contribution in [2.24, 2.45) is 0 Å². The number of benzene rings is 1. The van der Waals surface area contributed by atoms with Gasteiger partial charge in [-0.3, -0.25) is 14.9 Å². The molecular formula is C16H16N2O6. The average Bonchev–Trinajstić information content (AvgIpc) is 2.51. The Morgan fingerprint density at radius 1 is 1.21 bits per heavy atom. The summed E-state index contributed by atoms with van der Waals surface area (Å²) < 4.78 is 10.0. The van der Waals surface area contributed by atoms with Gasteiger partial charge in [0, 0.05) is 12.1 Å². The third-order valence-electron chi connectivity index (χ3n) is 2.84. The summed E-state index contributed by atoms with van der Waals surface area (Å²) in [7, 11) is 0. The van der Waals surface area contributed by atoms with Crippen molar-refractivity contribution in [2.45, 2.75) is 19.9 Å². The summed E-state index contributed by atoms with van der Waals surface area (Å²) in [5, 5.41) is 4.78. The Kier molecular flexibility index (Phi) is 5.31. The zero-order valence-electron chi connectivity index (χ0n) is 13.1. The van der Waals surface area contributed by atoms with Gasteiger partial charge in [0.2, 0.25) is 5.76 Å². The predicted molar refractivity (Wildman–Crippen MR) is 84.6 cm³/mol. The summed E-state index contributed by atoms with van der Waals surface area (Å²) in [5.74, 6) is -2.10. The first-order chi connectivity index (χ1) is 11.4. The van der Waals surface area contributed by atoms with Crippen LogP contribution in [0.15, 0.2) is 39.5 Å². The van der Waals surface area contributed by atoms with Crippen LogP contribution in [0.4, 0.5) is 4.79 Å². The number of hydrogen-bond acceptors (Lipinski definition) is 6. The monoisotopic (exact) mass is 332 g/mol. The van der Waals surface area contributed by atoms with Gasteiger partial charge in [-0.25, -0.2) is 9.59 Å². The highest BCUT2D eigenvalue weighted by atomic mass is 16.5. The summed E-state index contributed by atoms with van der Waals surface area (Å²) in [6, 6.07) is 6.59. The molecule has 2 aromatic rings. The van der Waals surface area contributed by atoms with Crippen LogP contribution in [0.3, 0.4) is 0 Å². The topological polar surface area (TPSA) is 115 Å². The normalized spacial score (nSPS) is 10.5. The summed E-state index contributed by atoms with van der Waals surface area (Å²) in [4.78, 5) is 46.6. The highest BCUT2D eigenvalue weighted by Crippen LogP contribution is 2.12. The number of fused-ring (bicyclic) bond motifs is 1. The molecule has 0 spiro atoms. The first-order valence-corrected chi connectivity index (χ1v) is 7.17. The van der Waals surface area contributed by atoms with Crippen LogP contribution in [-0.4, -0.2) is 30.6 Å². The van der Waals surface area contributed by atoms with E-state index in [4.69, 9.17) is 9.15 Å². The Bertz CT molecular complexity index is 840. The molecule has 0 radical (unpaired) electrons. The summed E-state index contributed by atoms with van der Waals surface area (Å²) in [6.45, 7) is 2.78. The number of amides is 3. The summed E-state index contributed by atoms with van der Waals surface area (Å²) in [6.07, 6.45) is 0. The van der Waals surface area contributed by atoms with E-state index in [2.05, 4.69) is 5.32 Å². The molecule has 8 heteroatoms. The third kappa shape index (κ3) is 4.42. The van der Waals surface area contributed by atoms with Crippen LogP contribution in [0.25, 0.3) is 11.0 Å². The number of rotatable bonds is 4. The minimum atomic E-state index is -0.975. The fraction of sp³-hybridized carbons (Fsp3) is 0.250. The molecule has 8 nitrogen and oxygen atoms in total. The van der Waals surface area contributed by atoms with E-state index < -0.39 is 29.9 Å². The third-order valence-corrected chi connectivity index (χ3v) is 2.84. The maximum Gasteiger partial charge on any atom is 0.374 e. The zero-order chi connectivity index (χ0) is 17.7. The van der Waals surface area contributed by atoms with Crippen LogP contribution in [0.5, 0.6) is 0 Å². The Labute approximate surface area is 136 Å². The van der Waals surface area contributed by atoms with E-state index in [1.165, 1.54) is 6.07 Å². The van der Waals surface area contributed by atoms with Crippen molar-refractivity contribution in [3.63, 3.8) is 0 Å². The Hall–Kier alpha value is -3.16. The van der Waals surface area contributed by atoms with Crippen LogP contribution in [0, 0.1) is 0 Å². The molecule has 2 rings (SSSR count). The largest absolute Gasteiger partial charge is 0.450 e. The maximum atomic E-state index is 11.9. The molecule has 0 fully saturated rings. The van der Waals surface area contributed by atoms with Gasteiger partial charge in [0.05, 0.1) is 5.39 Å². The van der Waals surface area contributed by atoms with Crippen molar-refractivity contribution < 1.29 is 23.5 Å². The Morgan fingerprint density at radius 3 is 2.62 bits per heavy atom. The van der Waals surface area contributed by atoms with Crippen molar-refractivity contribution in [2.75, 3.05) is 6.61 Å². The highest BCUT2D eigenvalue weighted by Gasteiger charge is 2.16. The van der Waals surface area contributed by atoms with E-state index >= 15 is 0 Å². The molecule has 1 aromatic heterocycles. The molecule has 24 heavy (non-hydrogen) atoms. The molecule has 0 aliphatic rings. The number of hydrogen-bond donors (Lipinski definition) is 2. The average molecular weight is 332 g/mol. The molecule has 126 valence electrons. The minimum absolute atomic E-state index is 0.146. The van der Waals surface area contributed by atoms with Gasteiger partial charge in [-0.2, -0.15) is 0 Å². The predicted octanol–water partition coefficient (Wildman–Crippen LogP) is 1.18. The zero-order valence-corrected chi connectivity index (χ0v) is 13.1. The molecule has 3 amide bonds. The van der Waals surface area contributed by atoms with Gasteiger partial charge in [-0.1, -0.05) is 12.1 Å². The Balaban J connectivity index is 1.99. The number of carbonyl (C=O) groups excluding carboxylic acids is 3. The van der Waals surface area contributed by atoms with Gasteiger partial charge >= 0.3 is 12.0 Å². The van der Waals surface area contributed by atoms with Gasteiger partial charge in [0.15, 0.2) is 12.0 Å². The van der Waals surface area contributed by atoms with Crippen LogP contribution < -0.4 is 16.1 Å². The molecule has 0 aliphatic heterocycles. The van der Waals surface area contributed by atoms with E-state index in [0.29, 0.717) is 5.39 Å². The van der Waals surface area contributed by atoms with Gasteiger partial charge in [-0.05, 0) is 26.0 Å². The molecule has 1 heterocycles. The molecule has 0 unspecified atom stereocenters. The second-order valence-electron chi connectivity index (χ2n) is 5.22. The molecule has 0 aliphatic carbocycles. The van der Waals surface area contributed by atoms with Crippen molar-refractivity contribution in [1.29, 1.82) is 0 Å². The van der Waals surface area contributed by atoms with E-state index in [-0.39, 0.29) is 17.4 Å². The van der Waals surface area contributed by atoms with Crippen molar-refractivity contribution in [1.82, 2.24) is 10.6 Å². The summed E-state index contributed by atoms with van der Waals surface area (Å²) >= 11 is 0. The van der Waals surface area contributed by atoms with E-state index in [9.17, 15) is 19.2 Å². The van der Waals surface area contributed by atoms with E-state index in [0.717, 1.165) is 6.07 Å². The number of urea groups is 1. The fourth-order valence-corrected chi connectivity index (χ4v) is 1.87. The molecule has 0 saturated heterocycles. The standard InChI is InChI=1S/C16H16N2O6/c1-9(2)17-16(22)18-14(20)8-23-15(21)13-7-11(19)10-5-3-4-6-12(10)24-13/h3-7,9H,8H2,1-2H3,(H2,17,18,20,22). The van der Waals surface area contributed by atoms with E-state index in [1.54, 1.807) is 32.0 Å². The number of esters is 1. The lowest BCUT2D eigenvalue weighted by Crippen LogP contribution is -2.44. The first-order valence-electron chi connectivity index (χ1n) is 7.17.